The second-order valence-corrected chi connectivity index (χ2v) is 10.5. The van der Waals surface area contributed by atoms with Crippen molar-refractivity contribution in [2.45, 2.75) is 80.0 Å². The molecule has 0 saturated carbocycles. The third-order valence-corrected chi connectivity index (χ3v) is 6.01. The second kappa shape index (κ2) is 12.1. The Bertz CT molecular complexity index is 1070. The molecule has 7 nitrogen and oxygen atoms in total. The largest absolute Gasteiger partial charge is 0.444 e. The molecule has 36 heavy (non-hydrogen) atoms. The third-order valence-electron chi connectivity index (χ3n) is 6.01. The van der Waals surface area contributed by atoms with Crippen LogP contribution in [0, 0.1) is 26.7 Å². The highest BCUT2D eigenvalue weighted by molar-refractivity contribution is 5.99. The average Bonchev–Trinajstić information content (AvgIpc) is 2.76. The number of hydrogen-bond acceptors (Lipinski definition) is 4. The lowest BCUT2D eigenvalue weighted by Crippen LogP contribution is -2.54. The summed E-state index contributed by atoms with van der Waals surface area (Å²) in [7, 11) is 0. The van der Waals surface area contributed by atoms with Crippen LogP contribution in [0.2, 0.25) is 0 Å². The lowest BCUT2D eigenvalue weighted by atomic mass is 9.92. The molecule has 196 valence electrons. The maximum Gasteiger partial charge on any atom is 0.408 e. The maximum absolute atomic E-state index is 14.0. The van der Waals surface area contributed by atoms with Crippen molar-refractivity contribution in [1.29, 1.82) is 0 Å². The standard InChI is InChI=1S/C29H41N3O4/c1-10-32(27(34)24(18(2)3)31-28(35)36-29(7,8)9)25(23-20(5)15-13-16-21(23)6)26(33)30-22-17-12-11-14-19(22)4/h11-18,24-25H,10H2,1-9H3,(H,30,33)(H,31,35). The minimum atomic E-state index is -0.884. The number of nitrogens with zero attached hydrogens (tertiary/aromatic N) is 1. The first-order valence-electron chi connectivity index (χ1n) is 12.5. The van der Waals surface area contributed by atoms with Gasteiger partial charge in [-0.25, -0.2) is 4.79 Å². The molecule has 0 fully saturated rings. The van der Waals surface area contributed by atoms with Crippen LogP contribution in [0.15, 0.2) is 42.5 Å². The Kier molecular flexibility index (Phi) is 9.68. The van der Waals surface area contributed by atoms with Gasteiger partial charge in [0.2, 0.25) is 5.91 Å². The zero-order valence-corrected chi connectivity index (χ0v) is 23.1. The molecular formula is C29H41N3O4. The number of hydrogen-bond donors (Lipinski definition) is 2. The lowest BCUT2D eigenvalue weighted by Gasteiger charge is -2.36. The van der Waals surface area contributed by atoms with Gasteiger partial charge in [-0.2, -0.15) is 0 Å². The van der Waals surface area contributed by atoms with E-state index in [1.54, 1.807) is 25.7 Å². The van der Waals surface area contributed by atoms with Crippen LogP contribution in [-0.4, -0.2) is 41.0 Å². The van der Waals surface area contributed by atoms with Gasteiger partial charge in [-0.3, -0.25) is 9.59 Å². The molecule has 0 aliphatic rings. The van der Waals surface area contributed by atoms with Gasteiger partial charge in [0.15, 0.2) is 0 Å². The average molecular weight is 496 g/mol. The van der Waals surface area contributed by atoms with Crippen LogP contribution in [0.5, 0.6) is 0 Å². The number of carbonyl (C=O) groups is 3. The van der Waals surface area contributed by atoms with Crippen molar-refractivity contribution in [3.8, 4) is 0 Å². The molecule has 2 aromatic carbocycles. The molecule has 2 rings (SSSR count). The molecule has 2 atom stereocenters. The van der Waals surface area contributed by atoms with Crippen molar-refractivity contribution in [3.05, 3.63) is 64.7 Å². The normalized spacial score (nSPS) is 13.1. The second-order valence-electron chi connectivity index (χ2n) is 10.5. The number of amides is 3. The Morgan fingerprint density at radius 2 is 1.47 bits per heavy atom. The Morgan fingerprint density at radius 3 is 1.97 bits per heavy atom. The minimum Gasteiger partial charge on any atom is -0.444 e. The molecule has 0 heterocycles. The number of ether oxygens (including phenoxy) is 1. The smallest absolute Gasteiger partial charge is 0.408 e. The van der Waals surface area contributed by atoms with E-state index < -0.39 is 23.8 Å². The minimum absolute atomic E-state index is 0.225. The van der Waals surface area contributed by atoms with Gasteiger partial charge in [-0.05, 0) is 82.7 Å². The van der Waals surface area contributed by atoms with Gasteiger partial charge in [0.1, 0.15) is 17.7 Å². The van der Waals surface area contributed by atoms with E-state index >= 15 is 0 Å². The van der Waals surface area contributed by atoms with Crippen molar-refractivity contribution >= 4 is 23.6 Å². The Morgan fingerprint density at radius 1 is 0.917 bits per heavy atom. The fraction of sp³-hybridized carbons (Fsp3) is 0.483. The number of carbonyl (C=O) groups excluding carboxylic acids is 3. The van der Waals surface area contributed by atoms with E-state index in [-0.39, 0.29) is 24.3 Å². The maximum atomic E-state index is 14.0. The van der Waals surface area contributed by atoms with Crippen LogP contribution < -0.4 is 10.6 Å². The summed E-state index contributed by atoms with van der Waals surface area (Å²) in [6, 6.07) is 11.6. The molecular weight excluding hydrogens is 454 g/mol. The van der Waals surface area contributed by atoms with Crippen molar-refractivity contribution in [3.63, 3.8) is 0 Å². The molecule has 0 bridgehead atoms. The molecule has 2 unspecified atom stereocenters. The number of nitrogens with one attached hydrogen (secondary N) is 2. The summed E-state index contributed by atoms with van der Waals surface area (Å²) in [5.74, 6) is -0.875. The van der Waals surface area contributed by atoms with E-state index in [4.69, 9.17) is 4.74 Å². The highest BCUT2D eigenvalue weighted by Gasteiger charge is 2.38. The first-order chi connectivity index (χ1) is 16.8. The number of likely N-dealkylation sites (N-methyl/N-ethyl adjacent to an activating group) is 1. The lowest BCUT2D eigenvalue weighted by molar-refractivity contribution is -0.141. The molecule has 0 aliphatic carbocycles. The monoisotopic (exact) mass is 495 g/mol. The van der Waals surface area contributed by atoms with Gasteiger partial charge in [-0.1, -0.05) is 50.2 Å². The highest BCUT2D eigenvalue weighted by Crippen LogP contribution is 2.30. The van der Waals surface area contributed by atoms with Gasteiger partial charge >= 0.3 is 6.09 Å². The topological polar surface area (TPSA) is 87.7 Å². The molecule has 2 aromatic rings. The summed E-state index contributed by atoms with van der Waals surface area (Å²) >= 11 is 0. The van der Waals surface area contributed by atoms with Crippen LogP contribution in [-0.2, 0) is 14.3 Å². The summed E-state index contributed by atoms with van der Waals surface area (Å²) in [4.78, 5) is 41.9. The van der Waals surface area contributed by atoms with E-state index in [2.05, 4.69) is 10.6 Å². The fourth-order valence-electron chi connectivity index (χ4n) is 4.19. The molecule has 0 aliphatic heterocycles. The fourth-order valence-corrected chi connectivity index (χ4v) is 4.19. The molecule has 0 radical (unpaired) electrons. The first-order valence-corrected chi connectivity index (χ1v) is 12.5. The van der Waals surface area contributed by atoms with Gasteiger partial charge in [-0.15, -0.1) is 0 Å². The zero-order chi connectivity index (χ0) is 27.2. The Labute approximate surface area is 215 Å². The van der Waals surface area contributed by atoms with E-state index in [1.165, 1.54) is 0 Å². The zero-order valence-electron chi connectivity index (χ0n) is 23.1. The van der Waals surface area contributed by atoms with E-state index in [0.29, 0.717) is 5.69 Å². The van der Waals surface area contributed by atoms with Crippen LogP contribution in [0.3, 0.4) is 0 Å². The summed E-state index contributed by atoms with van der Waals surface area (Å²) in [6.07, 6.45) is -0.668. The first kappa shape index (κ1) is 28.9. The quantitative estimate of drug-likeness (QED) is 0.492. The van der Waals surface area contributed by atoms with E-state index in [1.807, 2.05) is 84.0 Å². The summed E-state index contributed by atoms with van der Waals surface area (Å²) in [5, 5.41) is 5.76. The van der Waals surface area contributed by atoms with E-state index in [9.17, 15) is 14.4 Å². The van der Waals surface area contributed by atoms with Crippen LogP contribution >= 0.6 is 0 Å². The SMILES string of the molecule is CCN(C(=O)C(NC(=O)OC(C)(C)C)C(C)C)C(C(=O)Nc1ccccc1C)c1c(C)cccc1C. The third kappa shape index (κ3) is 7.33. The predicted molar refractivity (Wildman–Crippen MR) is 144 cm³/mol. The summed E-state index contributed by atoms with van der Waals surface area (Å²) in [5.41, 5.74) is 3.51. The number of para-hydroxylation sites is 1. The molecule has 3 amide bonds. The van der Waals surface area contributed by atoms with Crippen LogP contribution in [0.4, 0.5) is 10.5 Å². The number of anilines is 1. The Hall–Kier alpha value is -3.35. The number of rotatable bonds is 8. The van der Waals surface area contributed by atoms with Crippen LogP contribution in [0.1, 0.15) is 69.8 Å². The van der Waals surface area contributed by atoms with Crippen molar-refractivity contribution in [2.24, 2.45) is 5.92 Å². The molecule has 0 spiro atoms. The van der Waals surface area contributed by atoms with Gasteiger partial charge in [0.25, 0.3) is 5.91 Å². The molecule has 0 saturated heterocycles. The number of aryl methyl sites for hydroxylation is 3. The highest BCUT2D eigenvalue weighted by atomic mass is 16.6. The molecule has 7 heteroatoms. The number of alkyl carbamates (subject to hydrolysis) is 1. The summed E-state index contributed by atoms with van der Waals surface area (Å²) in [6.45, 7) is 16.9. The van der Waals surface area contributed by atoms with Gasteiger partial charge in [0.05, 0.1) is 0 Å². The van der Waals surface area contributed by atoms with Gasteiger partial charge < -0.3 is 20.3 Å². The van der Waals surface area contributed by atoms with Gasteiger partial charge in [0, 0.05) is 12.2 Å². The molecule has 0 aromatic heterocycles. The number of benzene rings is 2. The van der Waals surface area contributed by atoms with Crippen molar-refractivity contribution in [1.82, 2.24) is 10.2 Å². The van der Waals surface area contributed by atoms with Crippen LogP contribution in [0.25, 0.3) is 0 Å². The summed E-state index contributed by atoms with van der Waals surface area (Å²) < 4.78 is 5.40. The molecule has 2 N–H and O–H groups in total. The van der Waals surface area contributed by atoms with Crippen molar-refractivity contribution < 1.29 is 19.1 Å². The Balaban J connectivity index is 2.52. The van der Waals surface area contributed by atoms with E-state index in [0.717, 1.165) is 22.3 Å². The van der Waals surface area contributed by atoms with Crippen molar-refractivity contribution in [2.75, 3.05) is 11.9 Å². The predicted octanol–water partition coefficient (Wildman–Crippen LogP) is 5.69.